The summed E-state index contributed by atoms with van der Waals surface area (Å²) in [5, 5.41) is 3.39. The van der Waals surface area contributed by atoms with Crippen molar-refractivity contribution < 1.29 is 13.9 Å². The van der Waals surface area contributed by atoms with Gasteiger partial charge < -0.3 is 19.7 Å². The van der Waals surface area contributed by atoms with Gasteiger partial charge in [-0.3, -0.25) is 0 Å². The summed E-state index contributed by atoms with van der Waals surface area (Å²) in [6.45, 7) is 4.71. The predicted molar refractivity (Wildman–Crippen MR) is 109 cm³/mol. The van der Waals surface area contributed by atoms with E-state index in [2.05, 4.69) is 35.5 Å². The third-order valence-electron chi connectivity index (χ3n) is 5.95. The van der Waals surface area contributed by atoms with E-state index in [0.29, 0.717) is 5.92 Å². The molecule has 150 valence electrons. The van der Waals surface area contributed by atoms with Crippen LogP contribution in [0.3, 0.4) is 0 Å². The molecule has 1 unspecified atom stereocenters. The lowest BCUT2D eigenvalue weighted by Gasteiger charge is -2.33. The van der Waals surface area contributed by atoms with Crippen LogP contribution in [-0.2, 0) is 6.54 Å². The highest BCUT2D eigenvalue weighted by Crippen LogP contribution is 2.36. The number of benzene rings is 2. The molecule has 5 heteroatoms. The molecule has 2 aromatic carbocycles. The van der Waals surface area contributed by atoms with Crippen LogP contribution in [0.5, 0.6) is 11.5 Å². The van der Waals surface area contributed by atoms with Gasteiger partial charge in [0, 0.05) is 19.0 Å². The minimum atomic E-state index is -0.309. The molecule has 2 aliphatic rings. The lowest BCUT2D eigenvalue weighted by atomic mass is 9.84. The lowest BCUT2D eigenvalue weighted by molar-refractivity contribution is 0.214. The molecule has 0 aliphatic carbocycles. The van der Waals surface area contributed by atoms with Crippen LogP contribution < -0.4 is 14.8 Å². The first-order valence-corrected chi connectivity index (χ1v) is 10.1. The number of ether oxygens (including phenoxy) is 2. The van der Waals surface area contributed by atoms with E-state index in [1.807, 2.05) is 6.07 Å². The summed E-state index contributed by atoms with van der Waals surface area (Å²) in [5.41, 5.74) is 3.50. The Kier molecular flexibility index (Phi) is 5.83. The molecule has 0 aromatic heterocycles. The van der Waals surface area contributed by atoms with E-state index in [1.165, 1.54) is 31.1 Å². The maximum absolute atomic E-state index is 14.3. The van der Waals surface area contributed by atoms with Gasteiger partial charge in [-0.2, -0.15) is 0 Å². The molecule has 4 rings (SSSR count). The van der Waals surface area contributed by atoms with Crippen molar-refractivity contribution in [3.8, 4) is 11.5 Å². The Bertz CT molecular complexity index is 820. The Morgan fingerprint density at radius 3 is 2.71 bits per heavy atom. The summed E-state index contributed by atoms with van der Waals surface area (Å²) in [6.07, 6.45) is 2.36. The van der Waals surface area contributed by atoms with Crippen LogP contribution in [0.4, 0.5) is 4.39 Å². The maximum atomic E-state index is 14.3. The number of rotatable bonds is 5. The Hall–Kier alpha value is -2.11. The Labute approximate surface area is 166 Å². The van der Waals surface area contributed by atoms with E-state index in [4.69, 9.17) is 9.47 Å². The zero-order valence-corrected chi connectivity index (χ0v) is 16.7. The van der Waals surface area contributed by atoms with Crippen molar-refractivity contribution in [1.82, 2.24) is 10.2 Å². The van der Waals surface area contributed by atoms with Gasteiger partial charge >= 0.3 is 0 Å². The first-order chi connectivity index (χ1) is 13.6. The van der Waals surface area contributed by atoms with Crippen LogP contribution in [0.25, 0.3) is 0 Å². The van der Waals surface area contributed by atoms with Crippen molar-refractivity contribution in [3.63, 3.8) is 0 Å². The molecule has 2 heterocycles. The summed E-state index contributed by atoms with van der Waals surface area (Å²) in [5.74, 6) is 1.70. The number of methoxy groups -OCH3 is 1. The number of halogens is 1. The van der Waals surface area contributed by atoms with Gasteiger partial charge in [-0.05, 0) is 79.9 Å². The number of piperidine rings is 1. The molecule has 1 N–H and O–H groups in total. The summed E-state index contributed by atoms with van der Waals surface area (Å²) >= 11 is 0. The normalized spacial score (nSPS) is 20.6. The Morgan fingerprint density at radius 2 is 1.96 bits per heavy atom. The smallest absolute Gasteiger partial charge is 0.165 e. The van der Waals surface area contributed by atoms with Gasteiger partial charge in [0.05, 0.1) is 13.7 Å². The summed E-state index contributed by atoms with van der Waals surface area (Å²) in [7, 11) is 3.60. The van der Waals surface area contributed by atoms with E-state index in [-0.39, 0.29) is 17.5 Å². The molecule has 1 fully saturated rings. The van der Waals surface area contributed by atoms with Crippen LogP contribution in [-0.4, -0.2) is 45.3 Å². The Morgan fingerprint density at radius 1 is 1.14 bits per heavy atom. The standard InChI is InChI=1S/C23H29FN2O2/c1-26-13-18-11-19(28-15-16-7-9-25-10-8-16)4-5-20(18)21(14-26)17-3-6-23(27-2)22(24)12-17/h3-6,11-12,16,21,25H,7-10,13-15H2,1-2H3. The second-order valence-electron chi connectivity index (χ2n) is 8.01. The van der Waals surface area contributed by atoms with Gasteiger partial charge in [0.1, 0.15) is 5.75 Å². The molecular formula is C23H29FN2O2. The average Bonchev–Trinajstić information content (AvgIpc) is 2.72. The minimum Gasteiger partial charge on any atom is -0.494 e. The van der Waals surface area contributed by atoms with Crippen molar-refractivity contribution >= 4 is 0 Å². The van der Waals surface area contributed by atoms with E-state index in [1.54, 1.807) is 12.1 Å². The van der Waals surface area contributed by atoms with Crippen molar-refractivity contribution in [3.05, 3.63) is 58.9 Å². The van der Waals surface area contributed by atoms with E-state index >= 15 is 0 Å². The molecule has 28 heavy (non-hydrogen) atoms. The molecule has 0 bridgehead atoms. The number of hydrogen-bond acceptors (Lipinski definition) is 4. The van der Waals surface area contributed by atoms with Crippen LogP contribution >= 0.6 is 0 Å². The zero-order chi connectivity index (χ0) is 19.5. The average molecular weight is 384 g/mol. The molecular weight excluding hydrogens is 355 g/mol. The number of hydrogen-bond donors (Lipinski definition) is 1. The topological polar surface area (TPSA) is 33.7 Å². The maximum Gasteiger partial charge on any atom is 0.165 e. The van der Waals surface area contributed by atoms with Gasteiger partial charge in [-0.1, -0.05) is 12.1 Å². The fourth-order valence-corrected chi connectivity index (χ4v) is 4.36. The van der Waals surface area contributed by atoms with Crippen LogP contribution in [0.2, 0.25) is 0 Å². The molecule has 4 nitrogen and oxygen atoms in total. The van der Waals surface area contributed by atoms with Gasteiger partial charge in [-0.15, -0.1) is 0 Å². The molecule has 0 saturated carbocycles. The van der Waals surface area contributed by atoms with Crippen molar-refractivity contribution in [2.75, 3.05) is 40.4 Å². The first-order valence-electron chi connectivity index (χ1n) is 10.1. The van der Waals surface area contributed by atoms with Gasteiger partial charge in [0.2, 0.25) is 0 Å². The SMILES string of the molecule is COc1ccc(C2CN(C)Cc3cc(OCC4CCNCC4)ccc32)cc1F. The second-order valence-corrected chi connectivity index (χ2v) is 8.01. The van der Waals surface area contributed by atoms with Crippen molar-refractivity contribution in [2.24, 2.45) is 5.92 Å². The summed E-state index contributed by atoms with van der Waals surface area (Å²) < 4.78 is 25.4. The molecule has 1 saturated heterocycles. The highest BCUT2D eigenvalue weighted by atomic mass is 19.1. The van der Waals surface area contributed by atoms with E-state index in [9.17, 15) is 4.39 Å². The Balaban J connectivity index is 1.54. The highest BCUT2D eigenvalue weighted by Gasteiger charge is 2.26. The molecule has 0 spiro atoms. The highest BCUT2D eigenvalue weighted by molar-refractivity contribution is 5.45. The van der Waals surface area contributed by atoms with Crippen LogP contribution in [0, 0.1) is 11.7 Å². The predicted octanol–water partition coefficient (Wildman–Crippen LogP) is 3.79. The summed E-state index contributed by atoms with van der Waals surface area (Å²) in [4.78, 5) is 2.28. The second kappa shape index (κ2) is 8.50. The van der Waals surface area contributed by atoms with E-state index < -0.39 is 0 Å². The van der Waals surface area contributed by atoms with Crippen molar-refractivity contribution in [2.45, 2.75) is 25.3 Å². The first kappa shape index (κ1) is 19.2. The lowest BCUT2D eigenvalue weighted by Crippen LogP contribution is -2.31. The summed E-state index contributed by atoms with van der Waals surface area (Å²) in [6, 6.07) is 11.7. The number of nitrogens with one attached hydrogen (secondary N) is 1. The third kappa shape index (κ3) is 4.15. The third-order valence-corrected chi connectivity index (χ3v) is 5.95. The largest absolute Gasteiger partial charge is 0.494 e. The molecule has 0 radical (unpaired) electrons. The van der Waals surface area contributed by atoms with Crippen LogP contribution in [0.1, 0.15) is 35.4 Å². The molecule has 2 aromatic rings. The number of likely N-dealkylation sites (N-methyl/N-ethyl adjacent to an activating group) is 1. The molecule has 0 amide bonds. The van der Waals surface area contributed by atoms with Gasteiger partial charge in [0.15, 0.2) is 11.6 Å². The number of fused-ring (bicyclic) bond motifs is 1. The quantitative estimate of drug-likeness (QED) is 0.850. The van der Waals surface area contributed by atoms with Gasteiger partial charge in [-0.25, -0.2) is 4.39 Å². The van der Waals surface area contributed by atoms with E-state index in [0.717, 1.165) is 44.1 Å². The zero-order valence-electron chi connectivity index (χ0n) is 16.7. The fraction of sp³-hybridized carbons (Fsp3) is 0.478. The van der Waals surface area contributed by atoms with Gasteiger partial charge in [0.25, 0.3) is 0 Å². The monoisotopic (exact) mass is 384 g/mol. The molecule has 1 atom stereocenters. The fourth-order valence-electron chi connectivity index (χ4n) is 4.36. The number of nitrogens with zero attached hydrogens (tertiary/aromatic N) is 1. The van der Waals surface area contributed by atoms with Crippen LogP contribution in [0.15, 0.2) is 36.4 Å². The minimum absolute atomic E-state index is 0.146. The molecule has 2 aliphatic heterocycles. The van der Waals surface area contributed by atoms with Crippen molar-refractivity contribution in [1.29, 1.82) is 0 Å².